The first kappa shape index (κ1) is 25.0. The normalized spacial score (nSPS) is 16.1. The highest BCUT2D eigenvalue weighted by atomic mass is 127. The number of methoxy groups -OCH3 is 1. The van der Waals surface area contributed by atoms with E-state index in [0.29, 0.717) is 12.2 Å². The van der Waals surface area contributed by atoms with Crippen LogP contribution in [0.25, 0.3) is 0 Å². The van der Waals surface area contributed by atoms with Crippen LogP contribution in [-0.2, 0) is 6.42 Å². The first-order valence-electron chi connectivity index (χ1n) is 9.98. The van der Waals surface area contributed by atoms with Gasteiger partial charge in [-0.1, -0.05) is 24.3 Å². The Morgan fingerprint density at radius 1 is 1.23 bits per heavy atom. The highest BCUT2D eigenvalue weighted by molar-refractivity contribution is 14.0. The molecule has 9 heteroatoms. The van der Waals surface area contributed by atoms with E-state index >= 15 is 0 Å². The molecule has 2 aromatic rings. The Balaban J connectivity index is 0.00000341. The fraction of sp³-hybridized carbons (Fsp3) is 0.409. The maximum absolute atomic E-state index is 12.7. The molecule has 0 aliphatic carbocycles. The van der Waals surface area contributed by atoms with Gasteiger partial charge in [-0.2, -0.15) is 8.78 Å². The largest absolute Gasteiger partial charge is 0.497 e. The van der Waals surface area contributed by atoms with Crippen LogP contribution in [-0.4, -0.2) is 52.4 Å². The maximum Gasteiger partial charge on any atom is 0.387 e. The van der Waals surface area contributed by atoms with Crippen molar-refractivity contribution in [3.8, 4) is 11.5 Å². The zero-order valence-corrected chi connectivity index (χ0v) is 20.0. The van der Waals surface area contributed by atoms with Crippen molar-refractivity contribution in [2.24, 2.45) is 4.99 Å². The number of halogens is 3. The molecule has 1 atom stereocenters. The molecule has 0 amide bonds. The Morgan fingerprint density at radius 2 is 2.03 bits per heavy atom. The molecular formula is C22H29F2IN4O2. The van der Waals surface area contributed by atoms with Crippen molar-refractivity contribution in [3.05, 3.63) is 54.1 Å². The minimum atomic E-state index is -2.84. The van der Waals surface area contributed by atoms with E-state index in [0.717, 1.165) is 37.6 Å². The highest BCUT2D eigenvalue weighted by Gasteiger charge is 2.26. The molecule has 1 aliphatic rings. The SMILES string of the molecule is CN=C(NCCc1cccc(OC)c1)NC1CCN(c2ccccc2OC(F)F)C1.I. The number of para-hydroxylation sites is 2. The second-order valence-electron chi connectivity index (χ2n) is 7.02. The van der Waals surface area contributed by atoms with Crippen molar-refractivity contribution >= 4 is 35.6 Å². The van der Waals surface area contributed by atoms with Crippen LogP contribution < -0.4 is 25.0 Å². The Labute approximate surface area is 199 Å². The van der Waals surface area contributed by atoms with Gasteiger partial charge in [0.15, 0.2) is 5.96 Å². The number of ether oxygens (including phenoxy) is 2. The first-order chi connectivity index (χ1) is 14.6. The number of nitrogens with one attached hydrogen (secondary N) is 2. The lowest BCUT2D eigenvalue weighted by molar-refractivity contribution is -0.0495. The molecule has 1 aliphatic heterocycles. The topological polar surface area (TPSA) is 58.1 Å². The Morgan fingerprint density at radius 3 is 2.77 bits per heavy atom. The van der Waals surface area contributed by atoms with Crippen LogP contribution in [0.5, 0.6) is 11.5 Å². The number of rotatable bonds is 8. The van der Waals surface area contributed by atoms with Gasteiger partial charge in [0.1, 0.15) is 11.5 Å². The van der Waals surface area contributed by atoms with Crippen LogP contribution in [0.4, 0.5) is 14.5 Å². The average Bonchev–Trinajstić information content (AvgIpc) is 3.21. The van der Waals surface area contributed by atoms with Gasteiger partial charge in [0.05, 0.1) is 12.8 Å². The number of aliphatic imine (C=N–C) groups is 1. The summed E-state index contributed by atoms with van der Waals surface area (Å²) in [5.41, 5.74) is 1.86. The van der Waals surface area contributed by atoms with Crippen LogP contribution in [0.2, 0.25) is 0 Å². The van der Waals surface area contributed by atoms with Crippen LogP contribution in [0.15, 0.2) is 53.5 Å². The van der Waals surface area contributed by atoms with Gasteiger partial charge in [-0.05, 0) is 42.7 Å². The smallest absolute Gasteiger partial charge is 0.387 e. The van der Waals surface area contributed by atoms with E-state index in [-0.39, 0.29) is 35.8 Å². The van der Waals surface area contributed by atoms with Crippen molar-refractivity contribution in [3.63, 3.8) is 0 Å². The number of guanidine groups is 1. The standard InChI is InChI=1S/C22H28F2N4O2.HI/c1-25-22(26-12-10-16-6-5-7-18(14-16)29-2)27-17-11-13-28(15-17)19-8-3-4-9-20(19)30-21(23)24;/h3-9,14,17,21H,10-13,15H2,1-2H3,(H2,25,26,27);1H. The predicted octanol–water partition coefficient (Wildman–Crippen LogP) is 3.90. The molecule has 31 heavy (non-hydrogen) atoms. The molecule has 0 saturated carbocycles. The quantitative estimate of drug-likeness (QED) is 0.299. The predicted molar refractivity (Wildman–Crippen MR) is 130 cm³/mol. The number of hydrogen-bond donors (Lipinski definition) is 2. The molecule has 0 aromatic heterocycles. The summed E-state index contributed by atoms with van der Waals surface area (Å²) in [7, 11) is 3.39. The molecule has 1 unspecified atom stereocenters. The van der Waals surface area contributed by atoms with Gasteiger partial charge < -0.3 is 25.0 Å². The van der Waals surface area contributed by atoms with Gasteiger partial charge in [-0.3, -0.25) is 4.99 Å². The number of alkyl halides is 2. The molecule has 1 heterocycles. The fourth-order valence-corrected chi connectivity index (χ4v) is 3.55. The number of hydrogen-bond acceptors (Lipinski definition) is 4. The van der Waals surface area contributed by atoms with E-state index in [1.807, 2.05) is 24.3 Å². The van der Waals surface area contributed by atoms with Crippen LogP contribution in [0.1, 0.15) is 12.0 Å². The molecule has 1 fully saturated rings. The van der Waals surface area contributed by atoms with Gasteiger partial charge in [0.2, 0.25) is 0 Å². The van der Waals surface area contributed by atoms with Crippen LogP contribution in [0, 0.1) is 0 Å². The van der Waals surface area contributed by atoms with E-state index in [1.54, 1.807) is 32.4 Å². The van der Waals surface area contributed by atoms with Crippen molar-refractivity contribution in [1.82, 2.24) is 10.6 Å². The van der Waals surface area contributed by atoms with Crippen molar-refractivity contribution in [1.29, 1.82) is 0 Å². The molecule has 0 radical (unpaired) electrons. The summed E-state index contributed by atoms with van der Waals surface area (Å²) in [6.07, 6.45) is 1.71. The molecule has 3 rings (SSSR count). The van der Waals surface area contributed by atoms with E-state index in [4.69, 9.17) is 4.74 Å². The molecule has 2 N–H and O–H groups in total. The van der Waals surface area contributed by atoms with Crippen molar-refractivity contribution < 1.29 is 18.3 Å². The maximum atomic E-state index is 12.7. The lowest BCUT2D eigenvalue weighted by atomic mass is 10.1. The summed E-state index contributed by atoms with van der Waals surface area (Å²) in [4.78, 5) is 6.35. The molecule has 6 nitrogen and oxygen atoms in total. The average molecular weight is 546 g/mol. The lowest BCUT2D eigenvalue weighted by Gasteiger charge is -2.22. The Kier molecular flexibility index (Phi) is 10.1. The monoisotopic (exact) mass is 546 g/mol. The summed E-state index contributed by atoms with van der Waals surface area (Å²) in [5.74, 6) is 1.77. The molecule has 2 aromatic carbocycles. The minimum Gasteiger partial charge on any atom is -0.497 e. The van der Waals surface area contributed by atoms with Gasteiger partial charge >= 0.3 is 6.61 Å². The van der Waals surface area contributed by atoms with Gasteiger partial charge in [-0.15, -0.1) is 24.0 Å². The Bertz CT molecular complexity index is 854. The second-order valence-corrected chi connectivity index (χ2v) is 7.02. The summed E-state index contributed by atoms with van der Waals surface area (Å²) < 4.78 is 35.3. The van der Waals surface area contributed by atoms with Crippen molar-refractivity contribution in [2.45, 2.75) is 25.5 Å². The lowest BCUT2D eigenvalue weighted by Crippen LogP contribution is -2.45. The summed E-state index contributed by atoms with van der Waals surface area (Å²) >= 11 is 0. The van der Waals surface area contributed by atoms with E-state index in [1.165, 1.54) is 5.56 Å². The Hall–Kier alpha value is -2.30. The van der Waals surface area contributed by atoms with E-state index < -0.39 is 6.61 Å². The minimum absolute atomic E-state index is 0. The molecule has 0 bridgehead atoms. The van der Waals surface area contributed by atoms with Gasteiger partial charge in [0, 0.05) is 32.7 Å². The zero-order chi connectivity index (χ0) is 21.3. The molecule has 0 spiro atoms. The number of nitrogens with zero attached hydrogens (tertiary/aromatic N) is 2. The van der Waals surface area contributed by atoms with Crippen LogP contribution >= 0.6 is 24.0 Å². The third-order valence-electron chi connectivity index (χ3n) is 5.01. The van der Waals surface area contributed by atoms with Gasteiger partial charge in [-0.25, -0.2) is 0 Å². The molecular weight excluding hydrogens is 517 g/mol. The third-order valence-corrected chi connectivity index (χ3v) is 5.01. The summed E-state index contributed by atoms with van der Waals surface area (Å²) in [6, 6.07) is 15.0. The van der Waals surface area contributed by atoms with E-state index in [9.17, 15) is 8.78 Å². The van der Waals surface area contributed by atoms with E-state index in [2.05, 4.69) is 31.3 Å². The third kappa shape index (κ3) is 7.41. The fourth-order valence-electron chi connectivity index (χ4n) is 3.55. The van der Waals surface area contributed by atoms with Crippen LogP contribution in [0.3, 0.4) is 0 Å². The summed E-state index contributed by atoms with van der Waals surface area (Å²) in [6.45, 7) is -0.674. The summed E-state index contributed by atoms with van der Waals surface area (Å²) in [5, 5.41) is 6.75. The van der Waals surface area contributed by atoms with Crippen molar-refractivity contribution in [2.75, 3.05) is 38.7 Å². The first-order valence-corrected chi connectivity index (χ1v) is 9.98. The molecule has 1 saturated heterocycles. The molecule has 170 valence electrons. The number of anilines is 1. The van der Waals surface area contributed by atoms with Gasteiger partial charge in [0.25, 0.3) is 0 Å². The second kappa shape index (κ2) is 12.5. The zero-order valence-electron chi connectivity index (χ0n) is 17.7. The highest BCUT2D eigenvalue weighted by Crippen LogP contribution is 2.31. The number of benzene rings is 2.